The minimum Gasteiger partial charge on any atom is -0.446 e. The Morgan fingerprint density at radius 1 is 1.12 bits per heavy atom. The van der Waals surface area contributed by atoms with Crippen LogP contribution in [0.2, 0.25) is 0 Å². The Bertz CT molecular complexity index is 465. The average Bonchev–Trinajstić information content (AvgIpc) is 2.88. The number of rotatable bonds is 4. The maximum absolute atomic E-state index is 13.2. The zero-order chi connectivity index (χ0) is 19.7. The fraction of sp³-hybridized carbons (Fsp3) is 0.955. The molecule has 0 saturated carbocycles. The quantitative estimate of drug-likeness (QED) is 0.700. The van der Waals surface area contributed by atoms with Crippen molar-refractivity contribution in [2.24, 2.45) is 23.2 Å². The summed E-state index contributed by atoms with van der Waals surface area (Å²) >= 11 is 0. The Morgan fingerprint density at radius 2 is 1.65 bits per heavy atom. The molecule has 0 aromatic rings. The van der Waals surface area contributed by atoms with Crippen molar-refractivity contribution in [2.75, 3.05) is 26.7 Å². The lowest BCUT2D eigenvalue weighted by Crippen LogP contribution is -2.55. The van der Waals surface area contributed by atoms with Gasteiger partial charge in [-0.05, 0) is 55.9 Å². The van der Waals surface area contributed by atoms with Crippen LogP contribution in [0.25, 0.3) is 0 Å². The van der Waals surface area contributed by atoms with Crippen molar-refractivity contribution in [2.45, 2.75) is 85.8 Å². The Kier molecular flexibility index (Phi) is 6.69. The molecule has 0 spiro atoms. The van der Waals surface area contributed by atoms with Crippen LogP contribution in [-0.4, -0.2) is 54.2 Å². The maximum Gasteiger partial charge on any atom is 0.410 e. The largest absolute Gasteiger partial charge is 0.446 e. The van der Waals surface area contributed by atoms with Crippen LogP contribution in [-0.2, 0) is 4.74 Å². The van der Waals surface area contributed by atoms with Crippen LogP contribution < -0.4 is 0 Å². The number of carbonyl (C=O) groups excluding carboxylic acids is 1. The lowest BCUT2D eigenvalue weighted by molar-refractivity contribution is -0.00701. The molecule has 4 nitrogen and oxygen atoms in total. The first-order valence-electron chi connectivity index (χ1n) is 10.6. The molecule has 152 valence electrons. The zero-order valence-corrected chi connectivity index (χ0v) is 18.5. The van der Waals surface area contributed by atoms with Gasteiger partial charge >= 0.3 is 6.09 Å². The Hall–Kier alpha value is -0.770. The number of nitrogens with zero attached hydrogens (tertiary/aromatic N) is 2. The summed E-state index contributed by atoms with van der Waals surface area (Å²) in [5.41, 5.74) is 0.205. The molecule has 2 saturated heterocycles. The lowest BCUT2D eigenvalue weighted by atomic mass is 9.72. The number of hydrogen-bond donors (Lipinski definition) is 0. The first-order chi connectivity index (χ1) is 12.0. The highest BCUT2D eigenvalue weighted by molar-refractivity contribution is 5.69. The highest BCUT2D eigenvalue weighted by Gasteiger charge is 2.53. The van der Waals surface area contributed by atoms with Crippen LogP contribution >= 0.6 is 0 Å². The molecule has 0 aliphatic carbocycles. The molecule has 1 unspecified atom stereocenters. The molecule has 1 amide bonds. The zero-order valence-electron chi connectivity index (χ0n) is 18.5. The molecule has 2 aliphatic rings. The highest BCUT2D eigenvalue weighted by atomic mass is 16.6. The van der Waals surface area contributed by atoms with Gasteiger partial charge in [0.25, 0.3) is 0 Å². The van der Waals surface area contributed by atoms with E-state index in [0.29, 0.717) is 17.8 Å². The van der Waals surface area contributed by atoms with Crippen molar-refractivity contribution in [1.82, 2.24) is 9.80 Å². The van der Waals surface area contributed by atoms with Crippen molar-refractivity contribution < 1.29 is 9.53 Å². The summed E-state index contributed by atoms with van der Waals surface area (Å²) in [5, 5.41) is 0. The minimum absolute atomic E-state index is 0.0710. The van der Waals surface area contributed by atoms with Gasteiger partial charge < -0.3 is 14.5 Å². The SMILES string of the molecule is CC(C)C1(C(C)C)CC(CC(C)(C)C)CN1C(=O)OC1CCN(C)CC1. The summed E-state index contributed by atoms with van der Waals surface area (Å²) in [7, 11) is 2.14. The van der Waals surface area contributed by atoms with Gasteiger partial charge in [0.1, 0.15) is 6.10 Å². The van der Waals surface area contributed by atoms with E-state index in [0.717, 1.165) is 45.3 Å². The van der Waals surface area contributed by atoms with Gasteiger partial charge in [0.05, 0.1) is 5.54 Å². The van der Waals surface area contributed by atoms with Gasteiger partial charge in [-0.1, -0.05) is 48.5 Å². The summed E-state index contributed by atoms with van der Waals surface area (Å²) in [6.07, 6.45) is 4.18. The predicted octanol–water partition coefficient (Wildman–Crippen LogP) is 5.03. The molecule has 0 aromatic carbocycles. The lowest BCUT2D eigenvalue weighted by Gasteiger charge is -2.45. The standard InChI is InChI=1S/C22H42N2O2/c1-16(2)22(17(3)4)14-18(13-21(5,6)7)15-24(22)20(25)26-19-9-11-23(8)12-10-19/h16-19H,9-15H2,1-8H3. The van der Waals surface area contributed by atoms with Crippen LogP contribution in [0, 0.1) is 23.2 Å². The summed E-state index contributed by atoms with van der Waals surface area (Å²) in [6.45, 7) is 18.9. The Balaban J connectivity index is 2.16. The molecular weight excluding hydrogens is 324 g/mol. The second-order valence-corrected chi connectivity index (χ2v) is 10.6. The molecule has 0 N–H and O–H groups in total. The minimum atomic E-state index is -0.0849. The van der Waals surface area contributed by atoms with E-state index in [1.807, 2.05) is 0 Å². The van der Waals surface area contributed by atoms with E-state index in [-0.39, 0.29) is 23.2 Å². The van der Waals surface area contributed by atoms with Crippen molar-refractivity contribution >= 4 is 6.09 Å². The maximum atomic E-state index is 13.2. The van der Waals surface area contributed by atoms with Gasteiger partial charge in [-0.3, -0.25) is 0 Å². The smallest absolute Gasteiger partial charge is 0.410 e. The molecule has 2 heterocycles. The van der Waals surface area contributed by atoms with Gasteiger partial charge in [-0.25, -0.2) is 4.79 Å². The normalized spacial score (nSPS) is 25.3. The second kappa shape index (κ2) is 8.08. The number of piperidine rings is 1. The van der Waals surface area contributed by atoms with E-state index in [1.54, 1.807) is 0 Å². The highest BCUT2D eigenvalue weighted by Crippen LogP contribution is 2.47. The number of hydrogen-bond acceptors (Lipinski definition) is 3. The number of amides is 1. The fourth-order valence-electron chi connectivity index (χ4n) is 5.38. The Morgan fingerprint density at radius 3 is 2.12 bits per heavy atom. The second-order valence-electron chi connectivity index (χ2n) is 10.6. The number of ether oxygens (including phenoxy) is 1. The van der Waals surface area contributed by atoms with Crippen molar-refractivity contribution in [3.05, 3.63) is 0 Å². The molecule has 26 heavy (non-hydrogen) atoms. The van der Waals surface area contributed by atoms with Gasteiger partial charge in [0, 0.05) is 19.6 Å². The molecule has 2 rings (SSSR count). The van der Waals surface area contributed by atoms with Crippen LogP contribution in [0.1, 0.15) is 74.1 Å². The van der Waals surface area contributed by atoms with Gasteiger partial charge in [-0.15, -0.1) is 0 Å². The fourth-order valence-corrected chi connectivity index (χ4v) is 5.38. The van der Waals surface area contributed by atoms with Crippen molar-refractivity contribution in [3.8, 4) is 0 Å². The molecule has 2 fully saturated rings. The predicted molar refractivity (Wildman–Crippen MR) is 108 cm³/mol. The third-order valence-electron chi connectivity index (χ3n) is 6.61. The molecule has 1 atom stereocenters. The van der Waals surface area contributed by atoms with E-state index in [9.17, 15) is 4.79 Å². The molecular formula is C22H42N2O2. The third kappa shape index (κ3) is 4.74. The Labute approximate surface area is 161 Å². The van der Waals surface area contributed by atoms with Gasteiger partial charge in [0.15, 0.2) is 0 Å². The summed E-state index contributed by atoms with van der Waals surface area (Å²) in [6, 6.07) is 0. The summed E-state index contributed by atoms with van der Waals surface area (Å²) in [4.78, 5) is 17.7. The topological polar surface area (TPSA) is 32.8 Å². The molecule has 0 bridgehead atoms. The van der Waals surface area contributed by atoms with E-state index in [4.69, 9.17) is 4.74 Å². The molecule has 0 aromatic heterocycles. The van der Waals surface area contributed by atoms with E-state index in [2.05, 4.69) is 65.3 Å². The van der Waals surface area contributed by atoms with Crippen LogP contribution in [0.4, 0.5) is 4.79 Å². The first-order valence-corrected chi connectivity index (χ1v) is 10.6. The van der Waals surface area contributed by atoms with E-state index < -0.39 is 0 Å². The molecule has 2 aliphatic heterocycles. The summed E-state index contributed by atoms with van der Waals surface area (Å²) in [5.74, 6) is 1.42. The van der Waals surface area contributed by atoms with Crippen LogP contribution in [0.5, 0.6) is 0 Å². The monoisotopic (exact) mass is 366 g/mol. The summed E-state index contributed by atoms with van der Waals surface area (Å²) < 4.78 is 6.02. The van der Waals surface area contributed by atoms with Crippen LogP contribution in [0.15, 0.2) is 0 Å². The molecule has 4 heteroatoms. The first kappa shape index (κ1) is 21.5. The number of likely N-dealkylation sites (tertiary alicyclic amines) is 2. The van der Waals surface area contributed by atoms with Crippen molar-refractivity contribution in [3.63, 3.8) is 0 Å². The van der Waals surface area contributed by atoms with E-state index in [1.165, 1.54) is 0 Å². The van der Waals surface area contributed by atoms with Crippen LogP contribution in [0.3, 0.4) is 0 Å². The number of carbonyl (C=O) groups is 1. The average molecular weight is 367 g/mol. The third-order valence-corrected chi connectivity index (χ3v) is 6.61. The van der Waals surface area contributed by atoms with Gasteiger partial charge in [0.2, 0.25) is 0 Å². The molecule has 0 radical (unpaired) electrons. The van der Waals surface area contributed by atoms with Gasteiger partial charge in [-0.2, -0.15) is 0 Å². The van der Waals surface area contributed by atoms with E-state index >= 15 is 0 Å². The van der Waals surface area contributed by atoms with Crippen molar-refractivity contribution in [1.29, 1.82) is 0 Å².